The van der Waals surface area contributed by atoms with Gasteiger partial charge in [-0.15, -0.1) is 0 Å². The molecule has 0 unspecified atom stereocenters. The van der Waals surface area contributed by atoms with Crippen LogP contribution in [0.5, 0.6) is 0 Å². The number of rotatable bonds is 3. The zero-order chi connectivity index (χ0) is 14.0. The van der Waals surface area contributed by atoms with Crippen molar-refractivity contribution in [2.45, 2.75) is 6.54 Å². The molecule has 2 rings (SSSR count). The van der Waals surface area contributed by atoms with Gasteiger partial charge in [0.1, 0.15) is 0 Å². The molecule has 19 heavy (non-hydrogen) atoms. The molecule has 2 N–H and O–H groups in total. The molecular formula is C14H13ClF2N2. The van der Waals surface area contributed by atoms with E-state index in [9.17, 15) is 8.78 Å². The lowest BCUT2D eigenvalue weighted by atomic mass is 10.2. The van der Waals surface area contributed by atoms with Crippen molar-refractivity contribution in [3.8, 4) is 0 Å². The second kappa shape index (κ2) is 5.45. The molecule has 0 saturated carbocycles. The van der Waals surface area contributed by atoms with Crippen molar-refractivity contribution in [3.05, 3.63) is 58.6 Å². The fourth-order valence-corrected chi connectivity index (χ4v) is 2.01. The van der Waals surface area contributed by atoms with Gasteiger partial charge in [0.05, 0.1) is 11.4 Å². The molecule has 0 atom stereocenters. The van der Waals surface area contributed by atoms with Crippen LogP contribution in [-0.4, -0.2) is 7.05 Å². The molecule has 5 heteroatoms. The standard InChI is InChI=1S/C14H13ClF2N2/c1-19(8-9-2-4-10(15)5-3-9)14-12(18)7-6-11(16)13(14)17/h2-7H,8,18H2,1H3. The zero-order valence-electron chi connectivity index (χ0n) is 10.3. The summed E-state index contributed by atoms with van der Waals surface area (Å²) < 4.78 is 27.0. The van der Waals surface area contributed by atoms with E-state index >= 15 is 0 Å². The second-order valence-electron chi connectivity index (χ2n) is 4.28. The summed E-state index contributed by atoms with van der Waals surface area (Å²) in [5, 5.41) is 0.628. The molecule has 0 spiro atoms. The molecule has 2 aromatic carbocycles. The number of nitrogens with zero attached hydrogens (tertiary/aromatic N) is 1. The Morgan fingerprint density at radius 3 is 2.37 bits per heavy atom. The van der Waals surface area contributed by atoms with E-state index in [1.807, 2.05) is 12.1 Å². The first kappa shape index (κ1) is 13.6. The molecule has 0 fully saturated rings. The lowest BCUT2D eigenvalue weighted by Crippen LogP contribution is -2.19. The minimum absolute atomic E-state index is 0.0648. The summed E-state index contributed by atoms with van der Waals surface area (Å²) in [6, 6.07) is 9.51. The van der Waals surface area contributed by atoms with Crippen LogP contribution in [0.4, 0.5) is 20.2 Å². The fraction of sp³-hybridized carbons (Fsp3) is 0.143. The van der Waals surface area contributed by atoms with Crippen molar-refractivity contribution in [1.82, 2.24) is 0 Å². The Labute approximate surface area is 115 Å². The van der Waals surface area contributed by atoms with Crippen molar-refractivity contribution in [3.63, 3.8) is 0 Å². The maximum Gasteiger partial charge on any atom is 0.184 e. The summed E-state index contributed by atoms with van der Waals surface area (Å²) in [5.74, 6) is -1.84. The van der Waals surface area contributed by atoms with Crippen LogP contribution < -0.4 is 10.6 Å². The third-order valence-corrected chi connectivity index (χ3v) is 3.07. The monoisotopic (exact) mass is 282 g/mol. The molecule has 0 aliphatic heterocycles. The number of nitrogens with two attached hydrogens (primary N) is 1. The van der Waals surface area contributed by atoms with E-state index in [2.05, 4.69) is 0 Å². The minimum atomic E-state index is -0.934. The van der Waals surface area contributed by atoms with Gasteiger partial charge in [0, 0.05) is 18.6 Å². The van der Waals surface area contributed by atoms with Crippen LogP contribution in [-0.2, 0) is 6.54 Å². The van der Waals surface area contributed by atoms with Gasteiger partial charge in [-0.3, -0.25) is 0 Å². The summed E-state index contributed by atoms with van der Waals surface area (Å²) in [5.41, 5.74) is 6.89. The molecule has 2 aromatic rings. The van der Waals surface area contributed by atoms with Gasteiger partial charge >= 0.3 is 0 Å². The highest BCUT2D eigenvalue weighted by atomic mass is 35.5. The summed E-state index contributed by atoms with van der Waals surface area (Å²) in [4.78, 5) is 1.57. The van der Waals surface area contributed by atoms with Crippen molar-refractivity contribution < 1.29 is 8.78 Å². The maximum absolute atomic E-state index is 13.8. The van der Waals surface area contributed by atoms with Crippen molar-refractivity contribution in [2.75, 3.05) is 17.7 Å². The van der Waals surface area contributed by atoms with Gasteiger partial charge in [-0.1, -0.05) is 23.7 Å². The van der Waals surface area contributed by atoms with E-state index < -0.39 is 11.6 Å². The smallest absolute Gasteiger partial charge is 0.184 e. The summed E-state index contributed by atoms with van der Waals surface area (Å²) in [7, 11) is 1.66. The van der Waals surface area contributed by atoms with Crippen molar-refractivity contribution in [1.29, 1.82) is 0 Å². The van der Waals surface area contributed by atoms with Crippen molar-refractivity contribution >= 4 is 23.0 Å². The lowest BCUT2D eigenvalue weighted by molar-refractivity contribution is 0.508. The van der Waals surface area contributed by atoms with Crippen molar-refractivity contribution in [2.24, 2.45) is 0 Å². The first-order valence-corrected chi connectivity index (χ1v) is 6.06. The van der Waals surface area contributed by atoms with Crippen LogP contribution in [0.15, 0.2) is 36.4 Å². The normalized spacial score (nSPS) is 10.5. The molecule has 0 radical (unpaired) electrons. The molecule has 0 bridgehead atoms. The third kappa shape index (κ3) is 2.96. The summed E-state index contributed by atoms with van der Waals surface area (Å²) in [6.07, 6.45) is 0. The van der Waals surface area contributed by atoms with Gasteiger partial charge in [-0.2, -0.15) is 0 Å². The van der Waals surface area contributed by atoms with Crippen LogP contribution >= 0.6 is 11.6 Å². The van der Waals surface area contributed by atoms with Gasteiger partial charge in [-0.05, 0) is 29.8 Å². The molecule has 0 saturated heterocycles. The van der Waals surface area contributed by atoms with Gasteiger partial charge < -0.3 is 10.6 Å². The van der Waals surface area contributed by atoms with Crippen LogP contribution in [0.2, 0.25) is 5.02 Å². The second-order valence-corrected chi connectivity index (χ2v) is 4.72. The number of anilines is 2. The van der Waals surface area contributed by atoms with Gasteiger partial charge in [0.15, 0.2) is 11.6 Å². The molecule has 2 nitrogen and oxygen atoms in total. The molecule has 0 amide bonds. The summed E-state index contributed by atoms with van der Waals surface area (Å²) >= 11 is 5.79. The van der Waals surface area contributed by atoms with E-state index in [1.165, 1.54) is 6.07 Å². The average molecular weight is 283 g/mol. The number of hydrogen-bond acceptors (Lipinski definition) is 2. The lowest BCUT2D eigenvalue weighted by Gasteiger charge is -2.22. The predicted octanol–water partition coefficient (Wildman–Crippen LogP) is 3.84. The Morgan fingerprint density at radius 1 is 1.11 bits per heavy atom. The average Bonchev–Trinajstić information content (AvgIpc) is 2.37. The van der Waals surface area contributed by atoms with Crippen LogP contribution in [0, 0.1) is 11.6 Å². The van der Waals surface area contributed by atoms with Crippen LogP contribution in [0.25, 0.3) is 0 Å². The largest absolute Gasteiger partial charge is 0.397 e. The van der Waals surface area contributed by atoms with E-state index in [4.69, 9.17) is 17.3 Å². The first-order chi connectivity index (χ1) is 8.99. The maximum atomic E-state index is 13.8. The van der Waals surface area contributed by atoms with E-state index in [0.29, 0.717) is 11.6 Å². The highest BCUT2D eigenvalue weighted by molar-refractivity contribution is 6.30. The Morgan fingerprint density at radius 2 is 1.74 bits per heavy atom. The fourth-order valence-electron chi connectivity index (χ4n) is 1.89. The number of halogens is 3. The molecule has 100 valence electrons. The SMILES string of the molecule is CN(Cc1ccc(Cl)cc1)c1c(N)ccc(F)c1F. The molecule has 0 heterocycles. The van der Waals surface area contributed by atoms with E-state index in [-0.39, 0.29) is 11.4 Å². The number of hydrogen-bond donors (Lipinski definition) is 1. The van der Waals surface area contributed by atoms with Crippen LogP contribution in [0.3, 0.4) is 0 Å². The Kier molecular flexibility index (Phi) is 3.90. The van der Waals surface area contributed by atoms with Crippen LogP contribution in [0.1, 0.15) is 5.56 Å². The summed E-state index contributed by atoms with van der Waals surface area (Å²) in [6.45, 7) is 0.405. The van der Waals surface area contributed by atoms with Gasteiger partial charge in [-0.25, -0.2) is 8.78 Å². The van der Waals surface area contributed by atoms with Gasteiger partial charge in [0.25, 0.3) is 0 Å². The molecule has 0 aliphatic rings. The minimum Gasteiger partial charge on any atom is -0.397 e. The highest BCUT2D eigenvalue weighted by Crippen LogP contribution is 2.28. The predicted molar refractivity (Wildman–Crippen MR) is 74.3 cm³/mol. The first-order valence-electron chi connectivity index (χ1n) is 5.68. The van der Waals surface area contributed by atoms with Gasteiger partial charge in [0.2, 0.25) is 0 Å². The van der Waals surface area contributed by atoms with E-state index in [1.54, 1.807) is 24.1 Å². The Hall–Kier alpha value is -1.81. The van der Waals surface area contributed by atoms with E-state index in [0.717, 1.165) is 11.6 Å². The Balaban J connectivity index is 2.27. The molecular weight excluding hydrogens is 270 g/mol. The number of nitrogen functional groups attached to an aromatic ring is 1. The third-order valence-electron chi connectivity index (χ3n) is 2.81. The highest BCUT2D eigenvalue weighted by Gasteiger charge is 2.15. The molecule has 0 aliphatic carbocycles. The molecule has 0 aromatic heterocycles. The number of benzene rings is 2. The Bertz CT molecular complexity index is 585. The quantitative estimate of drug-likeness (QED) is 0.867. The topological polar surface area (TPSA) is 29.3 Å². The zero-order valence-corrected chi connectivity index (χ0v) is 11.1.